The molecule has 5 nitrogen and oxygen atoms in total. The van der Waals surface area contributed by atoms with Crippen molar-refractivity contribution < 1.29 is 18.7 Å². The van der Waals surface area contributed by atoms with E-state index in [4.69, 9.17) is 4.74 Å². The normalized spacial score (nSPS) is 12.7. The number of ether oxygens (including phenoxy) is 1. The van der Waals surface area contributed by atoms with Crippen molar-refractivity contribution in [2.75, 3.05) is 6.61 Å². The highest BCUT2D eigenvalue weighted by atomic mass is 19.1. The van der Waals surface area contributed by atoms with Gasteiger partial charge in [-0.2, -0.15) is 0 Å². The summed E-state index contributed by atoms with van der Waals surface area (Å²) < 4.78 is 19.2. The van der Waals surface area contributed by atoms with E-state index in [1.165, 1.54) is 17.0 Å². The van der Waals surface area contributed by atoms with Gasteiger partial charge >= 0.3 is 0 Å². The van der Waals surface area contributed by atoms with Crippen molar-refractivity contribution in [3.8, 4) is 5.75 Å². The van der Waals surface area contributed by atoms with Crippen LogP contribution >= 0.6 is 0 Å². The topological polar surface area (TPSA) is 58.6 Å². The molecule has 0 saturated carbocycles. The smallest absolute Gasteiger partial charge is 0.261 e. The molecule has 0 aromatic heterocycles. The van der Waals surface area contributed by atoms with Gasteiger partial charge in [0.1, 0.15) is 6.04 Å². The van der Waals surface area contributed by atoms with Crippen molar-refractivity contribution in [3.05, 3.63) is 65.5 Å². The van der Waals surface area contributed by atoms with Gasteiger partial charge in [0, 0.05) is 12.6 Å². The number of carbonyl (C=O) groups is 2. The van der Waals surface area contributed by atoms with E-state index >= 15 is 0 Å². The zero-order valence-corrected chi connectivity index (χ0v) is 17.4. The molecule has 0 fully saturated rings. The van der Waals surface area contributed by atoms with E-state index in [9.17, 15) is 14.0 Å². The van der Waals surface area contributed by atoms with Crippen LogP contribution in [0, 0.1) is 12.7 Å². The van der Waals surface area contributed by atoms with Gasteiger partial charge in [0.2, 0.25) is 5.91 Å². The maximum atomic E-state index is 13.8. The lowest BCUT2D eigenvalue weighted by molar-refractivity contribution is -0.142. The molecule has 0 aliphatic heterocycles. The third kappa shape index (κ3) is 6.31. The Hall–Kier alpha value is -2.89. The highest BCUT2D eigenvalue weighted by Gasteiger charge is 2.27. The summed E-state index contributed by atoms with van der Waals surface area (Å²) >= 11 is 0. The minimum Gasteiger partial charge on any atom is -0.481 e. The Kier molecular flexibility index (Phi) is 8.19. The van der Waals surface area contributed by atoms with E-state index in [1.54, 1.807) is 19.1 Å². The second-order valence-electron chi connectivity index (χ2n) is 7.16. The fourth-order valence-corrected chi connectivity index (χ4v) is 2.80. The minimum absolute atomic E-state index is 0.00778. The van der Waals surface area contributed by atoms with Crippen LogP contribution < -0.4 is 10.1 Å². The van der Waals surface area contributed by atoms with E-state index < -0.39 is 11.9 Å². The molecule has 2 amide bonds. The van der Waals surface area contributed by atoms with Gasteiger partial charge in [-0.25, -0.2) is 4.39 Å². The van der Waals surface area contributed by atoms with Crippen molar-refractivity contribution in [1.29, 1.82) is 0 Å². The number of aryl methyl sites for hydroxylation is 1. The molecule has 156 valence electrons. The van der Waals surface area contributed by atoms with Gasteiger partial charge in [-0.05, 0) is 50.5 Å². The van der Waals surface area contributed by atoms with Crippen LogP contribution in [-0.4, -0.2) is 35.4 Å². The average Bonchev–Trinajstić information content (AvgIpc) is 2.71. The zero-order valence-electron chi connectivity index (χ0n) is 17.4. The van der Waals surface area contributed by atoms with Crippen LogP contribution in [0.25, 0.3) is 0 Å². The molecule has 2 aromatic rings. The number of hydrogen-bond donors (Lipinski definition) is 1. The Balaban J connectivity index is 2.18. The van der Waals surface area contributed by atoms with Crippen LogP contribution in [0.2, 0.25) is 0 Å². The molecular formula is C23H29FN2O3. The van der Waals surface area contributed by atoms with E-state index in [0.29, 0.717) is 0 Å². The van der Waals surface area contributed by atoms with Crippen LogP contribution in [0.5, 0.6) is 5.75 Å². The molecule has 0 spiro atoms. The first-order valence-corrected chi connectivity index (χ1v) is 9.85. The maximum absolute atomic E-state index is 13.8. The molecule has 1 N–H and O–H groups in total. The number of amides is 2. The molecule has 0 aliphatic rings. The monoisotopic (exact) mass is 400 g/mol. The van der Waals surface area contributed by atoms with Crippen LogP contribution in [0.4, 0.5) is 4.39 Å². The van der Waals surface area contributed by atoms with Crippen LogP contribution in [-0.2, 0) is 16.1 Å². The number of carbonyl (C=O) groups excluding carboxylic acids is 2. The molecular weight excluding hydrogens is 371 g/mol. The maximum Gasteiger partial charge on any atom is 0.261 e. The molecule has 0 saturated heterocycles. The minimum atomic E-state index is -0.694. The summed E-state index contributed by atoms with van der Waals surface area (Å²) in [4.78, 5) is 27.1. The lowest BCUT2D eigenvalue weighted by Gasteiger charge is -2.30. The number of nitrogens with zero attached hydrogens (tertiary/aromatic N) is 1. The van der Waals surface area contributed by atoms with Gasteiger partial charge in [-0.1, -0.05) is 43.3 Å². The Bertz CT molecular complexity index is 840. The van der Waals surface area contributed by atoms with Crippen molar-refractivity contribution in [2.24, 2.45) is 0 Å². The van der Waals surface area contributed by atoms with Crippen molar-refractivity contribution in [1.82, 2.24) is 10.2 Å². The Morgan fingerprint density at radius 2 is 1.76 bits per heavy atom. The highest BCUT2D eigenvalue weighted by molar-refractivity contribution is 5.88. The van der Waals surface area contributed by atoms with E-state index in [2.05, 4.69) is 5.32 Å². The Morgan fingerprint density at radius 3 is 2.41 bits per heavy atom. The first-order valence-electron chi connectivity index (χ1n) is 9.85. The largest absolute Gasteiger partial charge is 0.481 e. The number of benzene rings is 2. The van der Waals surface area contributed by atoms with Gasteiger partial charge in [0.05, 0.1) is 0 Å². The highest BCUT2D eigenvalue weighted by Crippen LogP contribution is 2.17. The number of halogens is 1. The van der Waals surface area contributed by atoms with Crippen molar-refractivity contribution in [2.45, 2.75) is 52.7 Å². The first kappa shape index (κ1) is 22.4. The summed E-state index contributed by atoms with van der Waals surface area (Å²) in [6, 6.07) is 12.9. The van der Waals surface area contributed by atoms with Gasteiger partial charge < -0.3 is 15.0 Å². The number of nitrogens with one attached hydrogen (secondary N) is 1. The third-order valence-electron chi connectivity index (χ3n) is 4.96. The Morgan fingerprint density at radius 1 is 1.10 bits per heavy atom. The molecule has 2 atom stereocenters. The predicted molar refractivity (Wildman–Crippen MR) is 111 cm³/mol. The summed E-state index contributed by atoms with van der Waals surface area (Å²) in [6.45, 7) is 7.46. The second kappa shape index (κ2) is 10.6. The molecule has 0 heterocycles. The first-order chi connectivity index (χ1) is 13.8. The standard InChI is InChI=1S/C23H29FN2O3/c1-5-17(3)25-23(28)18(4)26(14-19-11-7-6-10-16(19)2)22(27)15-29-21-13-9-8-12-20(21)24/h6-13,17-18H,5,14-15H2,1-4H3,(H,25,28)/t17-,18+/m1/s1. The summed E-state index contributed by atoms with van der Waals surface area (Å²) in [5, 5.41) is 2.91. The summed E-state index contributed by atoms with van der Waals surface area (Å²) in [5.74, 6) is -1.14. The van der Waals surface area contributed by atoms with Crippen LogP contribution in [0.15, 0.2) is 48.5 Å². The van der Waals surface area contributed by atoms with Gasteiger partial charge in [-0.15, -0.1) is 0 Å². The third-order valence-corrected chi connectivity index (χ3v) is 4.96. The van der Waals surface area contributed by atoms with Crippen LogP contribution in [0.3, 0.4) is 0 Å². The summed E-state index contributed by atoms with van der Waals surface area (Å²) in [6.07, 6.45) is 0.792. The molecule has 0 aliphatic carbocycles. The van der Waals surface area contributed by atoms with E-state index in [0.717, 1.165) is 17.5 Å². The molecule has 0 radical (unpaired) electrons. The van der Waals surface area contributed by atoms with Crippen molar-refractivity contribution >= 4 is 11.8 Å². The van der Waals surface area contributed by atoms with Crippen molar-refractivity contribution in [3.63, 3.8) is 0 Å². The van der Waals surface area contributed by atoms with Gasteiger partial charge in [0.25, 0.3) is 5.91 Å². The summed E-state index contributed by atoms with van der Waals surface area (Å²) in [7, 11) is 0. The fraction of sp³-hybridized carbons (Fsp3) is 0.391. The summed E-state index contributed by atoms with van der Waals surface area (Å²) in [5.41, 5.74) is 1.96. The number of hydrogen-bond acceptors (Lipinski definition) is 3. The quantitative estimate of drug-likeness (QED) is 0.696. The zero-order chi connectivity index (χ0) is 21.4. The predicted octanol–water partition coefficient (Wildman–Crippen LogP) is 3.84. The fourth-order valence-electron chi connectivity index (χ4n) is 2.80. The van der Waals surface area contributed by atoms with Gasteiger partial charge in [-0.3, -0.25) is 9.59 Å². The number of para-hydroxylation sites is 1. The van der Waals surface area contributed by atoms with E-state index in [1.807, 2.05) is 45.0 Å². The van der Waals surface area contributed by atoms with Gasteiger partial charge in [0.15, 0.2) is 18.2 Å². The van der Waals surface area contributed by atoms with Crippen LogP contribution in [0.1, 0.15) is 38.3 Å². The average molecular weight is 400 g/mol. The second-order valence-corrected chi connectivity index (χ2v) is 7.16. The molecule has 29 heavy (non-hydrogen) atoms. The molecule has 0 unspecified atom stereocenters. The number of rotatable bonds is 9. The lowest BCUT2D eigenvalue weighted by Crippen LogP contribution is -2.50. The Labute approximate surface area is 171 Å². The molecule has 2 rings (SSSR count). The SMILES string of the molecule is CC[C@@H](C)NC(=O)[C@H](C)N(Cc1ccccc1C)C(=O)COc1ccccc1F. The van der Waals surface area contributed by atoms with E-state index in [-0.39, 0.29) is 36.8 Å². The lowest BCUT2D eigenvalue weighted by atomic mass is 10.1. The molecule has 0 bridgehead atoms. The molecule has 6 heteroatoms. The molecule has 2 aromatic carbocycles.